The second-order valence-corrected chi connectivity index (χ2v) is 9.94. The molecular formula is C34H37NO5. The second kappa shape index (κ2) is 14.9. The summed E-state index contributed by atoms with van der Waals surface area (Å²) in [6.45, 7) is 1.93. The van der Waals surface area contributed by atoms with E-state index in [1.807, 2.05) is 121 Å². The molecule has 0 aromatic heterocycles. The van der Waals surface area contributed by atoms with Crippen molar-refractivity contribution >= 4 is 0 Å². The molecule has 0 spiro atoms. The maximum atomic E-state index is 6.80. The van der Waals surface area contributed by atoms with E-state index in [4.69, 9.17) is 29.4 Å². The molecule has 1 aliphatic heterocycles. The van der Waals surface area contributed by atoms with Crippen LogP contribution in [0.3, 0.4) is 0 Å². The molecule has 4 aromatic carbocycles. The third-order valence-electron chi connectivity index (χ3n) is 6.91. The highest BCUT2D eigenvalue weighted by Gasteiger charge is 2.46. The Labute approximate surface area is 236 Å². The molecule has 0 saturated carbocycles. The van der Waals surface area contributed by atoms with Gasteiger partial charge in [0.25, 0.3) is 0 Å². The number of hydrogen-bond donors (Lipinski definition) is 1. The fraction of sp³-hybridized carbons (Fsp3) is 0.294. The van der Waals surface area contributed by atoms with Crippen molar-refractivity contribution in [1.29, 1.82) is 0 Å². The van der Waals surface area contributed by atoms with E-state index in [0.29, 0.717) is 33.0 Å². The van der Waals surface area contributed by atoms with Gasteiger partial charge >= 0.3 is 0 Å². The Balaban J connectivity index is 1.34. The summed E-state index contributed by atoms with van der Waals surface area (Å²) in [7, 11) is 0. The molecular weight excluding hydrogens is 502 g/mol. The van der Waals surface area contributed by atoms with Crippen LogP contribution in [0.25, 0.3) is 0 Å². The average Bonchev–Trinajstić information content (AvgIpc) is 3.01. The van der Waals surface area contributed by atoms with Gasteiger partial charge in [-0.3, -0.25) is 0 Å². The molecule has 1 aliphatic rings. The van der Waals surface area contributed by atoms with E-state index >= 15 is 0 Å². The smallest absolute Gasteiger partial charge is 0.176 e. The van der Waals surface area contributed by atoms with Crippen LogP contribution < -0.4 is 5.73 Å². The van der Waals surface area contributed by atoms with Crippen molar-refractivity contribution in [2.24, 2.45) is 5.73 Å². The van der Waals surface area contributed by atoms with E-state index in [1.54, 1.807) is 0 Å². The number of hydrogen-bond acceptors (Lipinski definition) is 6. The predicted molar refractivity (Wildman–Crippen MR) is 154 cm³/mol. The third kappa shape index (κ3) is 8.08. The summed E-state index contributed by atoms with van der Waals surface area (Å²) in [6, 6.07) is 39.6. The van der Waals surface area contributed by atoms with E-state index in [1.165, 1.54) is 0 Å². The molecule has 1 fully saturated rings. The number of rotatable bonds is 13. The SMILES string of the molecule is N[C@H]1[C@H](OCc2ccccc2)O[C@H](COCc2ccccc2)[C@@H](OCc2ccccc2)[C@@H]1OCc1ccccc1. The molecule has 0 radical (unpaired) electrons. The molecule has 6 heteroatoms. The molecule has 40 heavy (non-hydrogen) atoms. The van der Waals surface area contributed by atoms with Crippen molar-refractivity contribution in [2.45, 2.75) is 57.1 Å². The number of nitrogens with two attached hydrogens (primary N) is 1. The molecule has 0 unspecified atom stereocenters. The fourth-order valence-electron chi connectivity index (χ4n) is 4.77. The zero-order valence-electron chi connectivity index (χ0n) is 22.6. The minimum absolute atomic E-state index is 0.303. The van der Waals surface area contributed by atoms with Crippen molar-refractivity contribution < 1.29 is 23.7 Å². The summed E-state index contributed by atoms with van der Waals surface area (Å²) in [6.07, 6.45) is -2.09. The lowest BCUT2D eigenvalue weighted by atomic mass is 9.96. The average molecular weight is 540 g/mol. The molecule has 5 rings (SSSR count). The molecule has 5 atom stereocenters. The van der Waals surface area contributed by atoms with Crippen LogP contribution in [-0.2, 0) is 50.1 Å². The van der Waals surface area contributed by atoms with Gasteiger partial charge in [-0.2, -0.15) is 0 Å². The molecule has 4 aromatic rings. The maximum absolute atomic E-state index is 6.80. The van der Waals surface area contributed by atoms with Crippen LogP contribution in [0.15, 0.2) is 121 Å². The maximum Gasteiger partial charge on any atom is 0.176 e. The van der Waals surface area contributed by atoms with Gasteiger partial charge in [-0.05, 0) is 22.3 Å². The zero-order chi connectivity index (χ0) is 27.4. The summed E-state index contributed by atoms with van der Waals surface area (Å²) in [4.78, 5) is 0. The molecule has 0 amide bonds. The molecule has 1 saturated heterocycles. The van der Waals surface area contributed by atoms with E-state index in [2.05, 4.69) is 0 Å². The Morgan fingerprint density at radius 2 is 0.900 bits per heavy atom. The van der Waals surface area contributed by atoms with Crippen LogP contribution in [0.1, 0.15) is 22.3 Å². The minimum Gasteiger partial charge on any atom is -0.374 e. The standard InChI is InChI=1S/C34H37NO5/c35-31-33(38-23-28-17-9-3-10-18-28)32(37-22-27-15-7-2-8-16-27)30(25-36-21-26-13-5-1-6-14-26)40-34(31)39-24-29-19-11-4-12-20-29/h1-20,30-34H,21-25,35H2/t30-,31-,32-,33-,34-/m1/s1. The first-order valence-corrected chi connectivity index (χ1v) is 13.8. The highest BCUT2D eigenvalue weighted by molar-refractivity contribution is 5.16. The van der Waals surface area contributed by atoms with Gasteiger partial charge in [-0.15, -0.1) is 0 Å². The third-order valence-corrected chi connectivity index (χ3v) is 6.91. The van der Waals surface area contributed by atoms with Crippen LogP contribution in [0.2, 0.25) is 0 Å². The van der Waals surface area contributed by atoms with Crippen LogP contribution in [-0.4, -0.2) is 37.3 Å². The van der Waals surface area contributed by atoms with E-state index < -0.39 is 30.6 Å². The van der Waals surface area contributed by atoms with Crippen molar-refractivity contribution in [3.8, 4) is 0 Å². The summed E-state index contributed by atoms with van der Waals surface area (Å²) >= 11 is 0. The number of ether oxygens (including phenoxy) is 5. The van der Waals surface area contributed by atoms with Crippen molar-refractivity contribution in [3.63, 3.8) is 0 Å². The largest absolute Gasteiger partial charge is 0.374 e. The molecule has 6 nitrogen and oxygen atoms in total. The van der Waals surface area contributed by atoms with E-state index in [9.17, 15) is 0 Å². The van der Waals surface area contributed by atoms with Gasteiger partial charge in [0, 0.05) is 0 Å². The first-order chi connectivity index (χ1) is 19.8. The summed E-state index contributed by atoms with van der Waals surface area (Å²) in [5.41, 5.74) is 11.0. The Bertz CT molecular complexity index is 1200. The Hall–Kier alpha value is -3.36. The van der Waals surface area contributed by atoms with Gasteiger partial charge in [0.1, 0.15) is 18.3 Å². The monoisotopic (exact) mass is 539 g/mol. The zero-order valence-corrected chi connectivity index (χ0v) is 22.6. The van der Waals surface area contributed by atoms with E-state index in [0.717, 1.165) is 22.3 Å². The summed E-state index contributed by atoms with van der Waals surface area (Å²) < 4.78 is 31.8. The molecule has 0 bridgehead atoms. The first-order valence-electron chi connectivity index (χ1n) is 13.8. The van der Waals surface area contributed by atoms with Gasteiger partial charge in [-0.25, -0.2) is 0 Å². The van der Waals surface area contributed by atoms with Gasteiger partial charge in [0.2, 0.25) is 0 Å². The topological polar surface area (TPSA) is 72.2 Å². The van der Waals surface area contributed by atoms with Crippen molar-refractivity contribution in [2.75, 3.05) is 6.61 Å². The van der Waals surface area contributed by atoms with E-state index in [-0.39, 0.29) is 0 Å². The predicted octanol–water partition coefficient (Wildman–Crippen LogP) is 5.64. The van der Waals surface area contributed by atoms with Crippen LogP contribution in [0.4, 0.5) is 0 Å². The lowest BCUT2D eigenvalue weighted by Crippen LogP contribution is -2.64. The lowest BCUT2D eigenvalue weighted by molar-refractivity contribution is -0.289. The fourth-order valence-corrected chi connectivity index (χ4v) is 4.77. The molecule has 2 N–H and O–H groups in total. The van der Waals surface area contributed by atoms with Gasteiger partial charge in [-0.1, -0.05) is 121 Å². The molecule has 0 aliphatic carbocycles. The lowest BCUT2D eigenvalue weighted by Gasteiger charge is -2.44. The van der Waals surface area contributed by atoms with Crippen molar-refractivity contribution in [1.82, 2.24) is 0 Å². The Kier molecular flexibility index (Phi) is 10.5. The Morgan fingerprint density at radius 1 is 0.500 bits per heavy atom. The van der Waals surface area contributed by atoms with Gasteiger partial charge in [0.15, 0.2) is 6.29 Å². The van der Waals surface area contributed by atoms with Crippen LogP contribution in [0.5, 0.6) is 0 Å². The van der Waals surface area contributed by atoms with Crippen LogP contribution >= 0.6 is 0 Å². The summed E-state index contributed by atoms with van der Waals surface area (Å²) in [5, 5.41) is 0. The summed E-state index contributed by atoms with van der Waals surface area (Å²) in [5.74, 6) is 0. The quantitative estimate of drug-likeness (QED) is 0.237. The first kappa shape index (κ1) is 28.2. The van der Waals surface area contributed by atoms with Gasteiger partial charge < -0.3 is 29.4 Å². The highest BCUT2D eigenvalue weighted by Crippen LogP contribution is 2.28. The molecule has 208 valence electrons. The van der Waals surface area contributed by atoms with Crippen molar-refractivity contribution in [3.05, 3.63) is 144 Å². The normalized spacial score (nSPS) is 22.7. The van der Waals surface area contributed by atoms with Crippen LogP contribution in [0, 0.1) is 0 Å². The molecule has 1 heterocycles. The Morgan fingerprint density at radius 3 is 1.38 bits per heavy atom. The highest BCUT2D eigenvalue weighted by atomic mass is 16.7. The minimum atomic E-state index is -0.692. The second-order valence-electron chi connectivity index (χ2n) is 9.94. The van der Waals surface area contributed by atoms with Gasteiger partial charge in [0.05, 0.1) is 39.1 Å². The number of benzene rings is 4.